The Labute approximate surface area is 233 Å². The third kappa shape index (κ3) is 5.57. The lowest BCUT2D eigenvalue weighted by Gasteiger charge is -2.32. The molecule has 0 bridgehead atoms. The molecule has 1 aliphatic carbocycles. The molecule has 2 amide bonds. The van der Waals surface area contributed by atoms with E-state index in [0.29, 0.717) is 12.0 Å². The SMILES string of the molecule is CN(C(=O)C1=C[C@H]2OC(c3ccccc3)(c3ccccc3)O[C@H]2[C@H](O)C1)[C@H](Cc1ccccc1)C(=O)NCCO. The summed E-state index contributed by atoms with van der Waals surface area (Å²) < 4.78 is 13.1. The number of likely N-dealkylation sites (N-methyl/N-ethyl adjacent to an activating group) is 1. The van der Waals surface area contributed by atoms with E-state index < -0.39 is 30.1 Å². The highest BCUT2D eigenvalue weighted by atomic mass is 16.8. The molecule has 0 saturated carbocycles. The number of carbonyl (C=O) groups excluding carboxylic acids is 2. The van der Waals surface area contributed by atoms with Crippen molar-refractivity contribution in [1.82, 2.24) is 10.2 Å². The third-order valence-electron chi connectivity index (χ3n) is 7.46. The highest BCUT2D eigenvalue weighted by molar-refractivity contribution is 5.97. The molecule has 3 aromatic carbocycles. The van der Waals surface area contributed by atoms with Crippen molar-refractivity contribution in [1.29, 1.82) is 0 Å². The van der Waals surface area contributed by atoms with Crippen molar-refractivity contribution in [3.8, 4) is 0 Å². The first-order valence-electron chi connectivity index (χ1n) is 13.5. The molecular formula is C32H34N2O6. The van der Waals surface area contributed by atoms with Crippen LogP contribution in [0.25, 0.3) is 0 Å². The number of carbonyl (C=O) groups is 2. The van der Waals surface area contributed by atoms with E-state index in [1.165, 1.54) is 4.90 Å². The molecule has 1 aliphatic heterocycles. The summed E-state index contributed by atoms with van der Waals surface area (Å²) in [7, 11) is 1.58. The maximum atomic E-state index is 13.8. The Morgan fingerprint density at radius 2 is 1.52 bits per heavy atom. The molecule has 8 nitrogen and oxygen atoms in total. The van der Waals surface area contributed by atoms with Crippen molar-refractivity contribution >= 4 is 11.8 Å². The Kier molecular flexibility index (Phi) is 8.42. The molecule has 1 saturated heterocycles. The highest BCUT2D eigenvalue weighted by Gasteiger charge is 2.53. The first-order chi connectivity index (χ1) is 19.4. The van der Waals surface area contributed by atoms with Crippen LogP contribution in [0.15, 0.2) is 103 Å². The van der Waals surface area contributed by atoms with Gasteiger partial charge < -0.3 is 29.9 Å². The monoisotopic (exact) mass is 542 g/mol. The molecule has 40 heavy (non-hydrogen) atoms. The van der Waals surface area contributed by atoms with Crippen LogP contribution in [-0.2, 0) is 31.3 Å². The van der Waals surface area contributed by atoms with E-state index in [-0.39, 0.29) is 31.4 Å². The molecule has 0 unspecified atom stereocenters. The molecular weight excluding hydrogens is 508 g/mol. The van der Waals surface area contributed by atoms with E-state index in [1.54, 1.807) is 13.1 Å². The van der Waals surface area contributed by atoms with E-state index >= 15 is 0 Å². The van der Waals surface area contributed by atoms with Crippen molar-refractivity contribution < 1.29 is 29.3 Å². The number of nitrogens with one attached hydrogen (secondary N) is 1. The second-order valence-corrected chi connectivity index (χ2v) is 10.1. The summed E-state index contributed by atoms with van der Waals surface area (Å²) in [5.41, 5.74) is 2.81. The maximum absolute atomic E-state index is 13.8. The molecule has 1 fully saturated rings. The highest BCUT2D eigenvalue weighted by Crippen LogP contribution is 2.46. The molecule has 0 aromatic heterocycles. The van der Waals surface area contributed by atoms with Gasteiger partial charge in [-0.25, -0.2) is 0 Å². The first kappa shape index (κ1) is 27.7. The van der Waals surface area contributed by atoms with E-state index in [1.807, 2.05) is 91.0 Å². The lowest BCUT2D eigenvalue weighted by atomic mass is 9.91. The number of aliphatic hydroxyl groups is 2. The van der Waals surface area contributed by atoms with Crippen LogP contribution in [0, 0.1) is 0 Å². The van der Waals surface area contributed by atoms with Gasteiger partial charge in [0.2, 0.25) is 17.6 Å². The van der Waals surface area contributed by atoms with E-state index in [2.05, 4.69) is 5.32 Å². The predicted molar refractivity (Wildman–Crippen MR) is 149 cm³/mol. The zero-order chi connectivity index (χ0) is 28.1. The molecule has 1 heterocycles. The summed E-state index contributed by atoms with van der Waals surface area (Å²) in [6.07, 6.45) is -0.291. The Bertz CT molecular complexity index is 1290. The van der Waals surface area contributed by atoms with Gasteiger partial charge in [0.15, 0.2) is 0 Å². The molecule has 5 rings (SSSR count). The Morgan fingerprint density at radius 1 is 0.950 bits per heavy atom. The van der Waals surface area contributed by atoms with Gasteiger partial charge in [-0.1, -0.05) is 91.0 Å². The fourth-order valence-electron chi connectivity index (χ4n) is 5.40. The van der Waals surface area contributed by atoms with Gasteiger partial charge in [-0.05, 0) is 11.6 Å². The molecule has 8 heteroatoms. The summed E-state index contributed by atoms with van der Waals surface area (Å²) >= 11 is 0. The second-order valence-electron chi connectivity index (χ2n) is 10.1. The maximum Gasteiger partial charge on any atom is 0.250 e. The number of rotatable bonds is 9. The summed E-state index contributed by atoms with van der Waals surface area (Å²) in [6.45, 7) is -0.118. The van der Waals surface area contributed by atoms with Gasteiger partial charge in [0.25, 0.3) is 0 Å². The van der Waals surface area contributed by atoms with Crippen molar-refractivity contribution in [2.24, 2.45) is 0 Å². The topological polar surface area (TPSA) is 108 Å². The van der Waals surface area contributed by atoms with E-state index in [0.717, 1.165) is 16.7 Å². The first-order valence-corrected chi connectivity index (χ1v) is 13.5. The fraction of sp³-hybridized carbons (Fsp3) is 0.312. The minimum Gasteiger partial charge on any atom is -0.395 e. The normalized spacial score (nSPS) is 22.1. The van der Waals surface area contributed by atoms with Crippen molar-refractivity contribution in [3.63, 3.8) is 0 Å². The zero-order valence-corrected chi connectivity index (χ0v) is 22.4. The third-order valence-corrected chi connectivity index (χ3v) is 7.46. The summed E-state index contributed by atoms with van der Waals surface area (Å²) in [5, 5.41) is 23.1. The van der Waals surface area contributed by atoms with Crippen LogP contribution in [0.1, 0.15) is 23.1 Å². The predicted octanol–water partition coefficient (Wildman–Crippen LogP) is 2.54. The van der Waals surface area contributed by atoms with Crippen LogP contribution >= 0.6 is 0 Å². The molecule has 0 radical (unpaired) electrons. The van der Waals surface area contributed by atoms with Crippen molar-refractivity contribution in [2.75, 3.05) is 20.2 Å². The van der Waals surface area contributed by atoms with Gasteiger partial charge in [-0.3, -0.25) is 9.59 Å². The summed E-state index contributed by atoms with van der Waals surface area (Å²) in [6, 6.07) is 27.7. The number of amides is 2. The number of aliphatic hydroxyl groups excluding tert-OH is 2. The minimum absolute atomic E-state index is 0.0592. The second kappa shape index (κ2) is 12.1. The van der Waals surface area contributed by atoms with Gasteiger partial charge in [-0.15, -0.1) is 0 Å². The van der Waals surface area contributed by atoms with Gasteiger partial charge in [-0.2, -0.15) is 0 Å². The van der Waals surface area contributed by atoms with Gasteiger partial charge >= 0.3 is 0 Å². The number of hydrogen-bond donors (Lipinski definition) is 3. The number of benzene rings is 3. The standard InChI is InChI=1S/C32H34N2O6/c1-34(26(30(37)33-17-18-35)19-22-11-5-2-6-12-22)31(38)23-20-27(36)29-28(21-23)39-32(40-29,24-13-7-3-8-14-24)25-15-9-4-10-16-25/h2-16,21,26-29,35-36H,17-20H2,1H3,(H,33,37)/t26-,27-,28-,29+/m1/s1. The zero-order valence-electron chi connectivity index (χ0n) is 22.4. The molecule has 2 aliphatic rings. The smallest absolute Gasteiger partial charge is 0.250 e. The van der Waals surface area contributed by atoms with Crippen LogP contribution in [-0.4, -0.2) is 71.5 Å². The van der Waals surface area contributed by atoms with Crippen LogP contribution in [0.5, 0.6) is 0 Å². The van der Waals surface area contributed by atoms with Gasteiger partial charge in [0.1, 0.15) is 18.2 Å². The van der Waals surface area contributed by atoms with Gasteiger partial charge in [0.05, 0.1) is 12.7 Å². The molecule has 208 valence electrons. The lowest BCUT2D eigenvalue weighted by molar-refractivity contribution is -0.156. The van der Waals surface area contributed by atoms with Crippen LogP contribution < -0.4 is 5.32 Å². The van der Waals surface area contributed by atoms with E-state index in [4.69, 9.17) is 9.47 Å². The summed E-state index contributed by atoms with van der Waals surface area (Å²) in [5.74, 6) is -1.99. The van der Waals surface area contributed by atoms with Crippen molar-refractivity contribution in [3.05, 3.63) is 119 Å². The quantitative estimate of drug-likeness (QED) is 0.384. The van der Waals surface area contributed by atoms with Gasteiger partial charge in [0, 0.05) is 43.1 Å². The Hall–Kier alpha value is -3.82. The molecule has 3 N–H and O–H groups in total. The average Bonchev–Trinajstić information content (AvgIpc) is 3.41. The number of nitrogens with zero attached hydrogens (tertiary/aromatic N) is 1. The largest absolute Gasteiger partial charge is 0.395 e. The Morgan fingerprint density at radius 3 is 2.10 bits per heavy atom. The molecule has 4 atom stereocenters. The molecule has 0 spiro atoms. The number of hydrogen-bond acceptors (Lipinski definition) is 6. The number of fused-ring (bicyclic) bond motifs is 1. The summed E-state index contributed by atoms with van der Waals surface area (Å²) in [4.78, 5) is 28.2. The van der Waals surface area contributed by atoms with Crippen LogP contribution in [0.2, 0.25) is 0 Å². The minimum atomic E-state index is -1.25. The lowest BCUT2D eigenvalue weighted by Crippen LogP contribution is -2.51. The number of ether oxygens (including phenoxy) is 2. The Balaban J connectivity index is 1.43. The van der Waals surface area contributed by atoms with Crippen LogP contribution in [0.3, 0.4) is 0 Å². The molecule has 3 aromatic rings. The van der Waals surface area contributed by atoms with Crippen molar-refractivity contribution in [2.45, 2.75) is 43.0 Å². The van der Waals surface area contributed by atoms with Crippen LogP contribution in [0.4, 0.5) is 0 Å². The fourth-order valence-corrected chi connectivity index (χ4v) is 5.40. The van der Waals surface area contributed by atoms with E-state index in [9.17, 15) is 19.8 Å². The average molecular weight is 543 g/mol.